The molecule has 2 aromatic rings. The number of amides is 1. The van der Waals surface area contributed by atoms with Gasteiger partial charge in [0, 0.05) is 13.2 Å². The summed E-state index contributed by atoms with van der Waals surface area (Å²) in [5.74, 6) is -0.119. The van der Waals surface area contributed by atoms with Crippen molar-refractivity contribution < 1.29 is 4.79 Å². The van der Waals surface area contributed by atoms with E-state index < -0.39 is 0 Å². The number of nitrogens with zero attached hydrogens (tertiary/aromatic N) is 1. The quantitative estimate of drug-likeness (QED) is 0.918. The fourth-order valence-electron chi connectivity index (χ4n) is 1.83. The number of rotatable bonds is 3. The molecular formula is C14H14Cl2N2O. The number of carbonyl (C=O) groups is 1. The van der Waals surface area contributed by atoms with E-state index in [1.165, 1.54) is 0 Å². The van der Waals surface area contributed by atoms with Gasteiger partial charge < -0.3 is 9.88 Å². The molecule has 0 fully saturated rings. The fraction of sp³-hybridized carbons (Fsp3) is 0.214. The lowest BCUT2D eigenvalue weighted by atomic mass is 10.1. The molecule has 1 heterocycles. The second-order valence-electron chi connectivity index (χ2n) is 4.37. The number of hydrogen-bond acceptors (Lipinski definition) is 1. The number of benzene rings is 1. The molecule has 0 aliphatic heterocycles. The normalized spacial score (nSPS) is 12.2. The van der Waals surface area contributed by atoms with Crippen LogP contribution in [0.3, 0.4) is 0 Å². The second kappa shape index (κ2) is 5.68. The highest BCUT2D eigenvalue weighted by atomic mass is 35.5. The van der Waals surface area contributed by atoms with Gasteiger partial charge in [0.25, 0.3) is 5.91 Å². The fourth-order valence-corrected chi connectivity index (χ4v) is 2.14. The summed E-state index contributed by atoms with van der Waals surface area (Å²) in [6.07, 6.45) is 1.83. The monoisotopic (exact) mass is 296 g/mol. The van der Waals surface area contributed by atoms with Crippen molar-refractivity contribution in [1.82, 2.24) is 9.88 Å². The number of hydrogen-bond donors (Lipinski definition) is 1. The predicted octanol–water partition coefficient (Wildman–Crippen LogP) is 3.82. The van der Waals surface area contributed by atoms with E-state index in [9.17, 15) is 4.79 Å². The molecule has 100 valence electrons. The third kappa shape index (κ3) is 3.11. The first-order valence-corrected chi connectivity index (χ1v) is 6.62. The summed E-state index contributed by atoms with van der Waals surface area (Å²) in [5, 5.41) is 3.92. The van der Waals surface area contributed by atoms with Gasteiger partial charge in [0.15, 0.2) is 0 Å². The third-order valence-corrected chi connectivity index (χ3v) is 3.71. The maximum Gasteiger partial charge on any atom is 0.268 e. The molecule has 1 aromatic carbocycles. The molecule has 19 heavy (non-hydrogen) atoms. The van der Waals surface area contributed by atoms with E-state index in [1.54, 1.807) is 22.8 Å². The maximum atomic E-state index is 12.1. The highest BCUT2D eigenvalue weighted by Crippen LogP contribution is 2.25. The van der Waals surface area contributed by atoms with E-state index in [2.05, 4.69) is 5.32 Å². The Morgan fingerprint density at radius 1 is 1.26 bits per heavy atom. The molecule has 2 rings (SSSR count). The van der Waals surface area contributed by atoms with E-state index >= 15 is 0 Å². The van der Waals surface area contributed by atoms with Crippen molar-refractivity contribution in [2.24, 2.45) is 7.05 Å². The second-order valence-corrected chi connectivity index (χ2v) is 5.19. The largest absolute Gasteiger partial charge is 0.347 e. The van der Waals surface area contributed by atoms with Crippen molar-refractivity contribution in [3.63, 3.8) is 0 Å². The van der Waals surface area contributed by atoms with Crippen LogP contribution in [0.25, 0.3) is 0 Å². The van der Waals surface area contributed by atoms with Gasteiger partial charge in [-0.25, -0.2) is 0 Å². The summed E-state index contributed by atoms with van der Waals surface area (Å²) in [7, 11) is 1.83. The van der Waals surface area contributed by atoms with Crippen LogP contribution in [-0.4, -0.2) is 10.5 Å². The Hall–Kier alpha value is -1.45. The van der Waals surface area contributed by atoms with Gasteiger partial charge in [-0.1, -0.05) is 29.3 Å². The Morgan fingerprint density at radius 2 is 2.00 bits per heavy atom. The average molecular weight is 297 g/mol. The SMILES string of the molecule is CC(NC(=O)c1cccn1C)c1ccc(Cl)c(Cl)c1. The molecular weight excluding hydrogens is 283 g/mol. The highest BCUT2D eigenvalue weighted by Gasteiger charge is 2.14. The van der Waals surface area contributed by atoms with E-state index in [-0.39, 0.29) is 11.9 Å². The maximum absolute atomic E-state index is 12.1. The predicted molar refractivity (Wildman–Crippen MR) is 77.8 cm³/mol. The Bertz CT molecular complexity index is 607. The van der Waals surface area contributed by atoms with Crippen molar-refractivity contribution >= 4 is 29.1 Å². The van der Waals surface area contributed by atoms with Gasteiger partial charge in [0.05, 0.1) is 16.1 Å². The van der Waals surface area contributed by atoms with Crippen LogP contribution < -0.4 is 5.32 Å². The lowest BCUT2D eigenvalue weighted by molar-refractivity contribution is 0.0931. The van der Waals surface area contributed by atoms with Crippen LogP contribution in [0.2, 0.25) is 10.0 Å². The lowest BCUT2D eigenvalue weighted by Gasteiger charge is -2.15. The lowest BCUT2D eigenvalue weighted by Crippen LogP contribution is -2.28. The molecule has 0 saturated heterocycles. The minimum absolute atomic E-state index is 0.119. The molecule has 0 spiro atoms. The zero-order valence-corrected chi connectivity index (χ0v) is 12.2. The Balaban J connectivity index is 2.13. The van der Waals surface area contributed by atoms with Crippen LogP contribution in [0.4, 0.5) is 0 Å². The van der Waals surface area contributed by atoms with Crippen LogP contribution in [0, 0.1) is 0 Å². The van der Waals surface area contributed by atoms with Gasteiger partial charge in [-0.2, -0.15) is 0 Å². The molecule has 0 aliphatic rings. The first-order valence-electron chi connectivity index (χ1n) is 5.86. The summed E-state index contributed by atoms with van der Waals surface area (Å²) in [4.78, 5) is 12.1. The Morgan fingerprint density at radius 3 is 2.58 bits per heavy atom. The molecule has 0 saturated carbocycles. The van der Waals surface area contributed by atoms with E-state index in [1.807, 2.05) is 32.3 Å². The smallest absolute Gasteiger partial charge is 0.268 e. The number of carbonyl (C=O) groups excluding carboxylic acids is 1. The number of halogens is 2. The van der Waals surface area contributed by atoms with Gasteiger partial charge in [0.1, 0.15) is 5.69 Å². The van der Waals surface area contributed by atoms with E-state index in [4.69, 9.17) is 23.2 Å². The summed E-state index contributed by atoms with van der Waals surface area (Å²) in [6, 6.07) is 8.81. The van der Waals surface area contributed by atoms with Crippen LogP contribution in [0.15, 0.2) is 36.5 Å². The molecule has 5 heteroatoms. The van der Waals surface area contributed by atoms with Gasteiger partial charge in [-0.05, 0) is 36.8 Å². The van der Waals surface area contributed by atoms with Crippen LogP contribution in [0.5, 0.6) is 0 Å². The molecule has 1 atom stereocenters. The van der Waals surface area contributed by atoms with Gasteiger partial charge in [-0.15, -0.1) is 0 Å². The topological polar surface area (TPSA) is 34.0 Å². The van der Waals surface area contributed by atoms with Crippen LogP contribution in [0.1, 0.15) is 29.0 Å². The van der Waals surface area contributed by atoms with Gasteiger partial charge in [0.2, 0.25) is 0 Å². The molecule has 0 bridgehead atoms. The molecule has 1 aromatic heterocycles. The zero-order valence-electron chi connectivity index (χ0n) is 10.7. The summed E-state index contributed by atoms with van der Waals surface area (Å²) < 4.78 is 1.77. The Kier molecular flexibility index (Phi) is 4.17. The molecule has 0 aliphatic carbocycles. The van der Waals surface area contributed by atoms with E-state index in [0.29, 0.717) is 15.7 Å². The van der Waals surface area contributed by atoms with Crippen molar-refractivity contribution in [1.29, 1.82) is 0 Å². The van der Waals surface area contributed by atoms with Gasteiger partial charge >= 0.3 is 0 Å². The summed E-state index contributed by atoms with van der Waals surface area (Å²) in [5.41, 5.74) is 1.53. The van der Waals surface area contributed by atoms with Gasteiger partial charge in [-0.3, -0.25) is 4.79 Å². The van der Waals surface area contributed by atoms with Crippen molar-refractivity contribution in [3.05, 3.63) is 57.8 Å². The molecule has 1 unspecified atom stereocenters. The van der Waals surface area contributed by atoms with Crippen molar-refractivity contribution in [3.8, 4) is 0 Å². The molecule has 1 amide bonds. The standard InChI is InChI=1S/C14H14Cl2N2O/c1-9(10-5-6-11(15)12(16)8-10)17-14(19)13-4-3-7-18(13)2/h3-9H,1-2H3,(H,17,19). The Labute approximate surface area is 122 Å². The average Bonchev–Trinajstić information content (AvgIpc) is 2.79. The number of nitrogens with one attached hydrogen (secondary N) is 1. The minimum atomic E-state index is -0.142. The van der Waals surface area contributed by atoms with Crippen molar-refractivity contribution in [2.45, 2.75) is 13.0 Å². The first kappa shape index (κ1) is 14.0. The third-order valence-electron chi connectivity index (χ3n) is 2.97. The van der Waals surface area contributed by atoms with Crippen LogP contribution in [-0.2, 0) is 7.05 Å². The molecule has 0 radical (unpaired) electrons. The minimum Gasteiger partial charge on any atom is -0.347 e. The number of aromatic nitrogens is 1. The first-order chi connectivity index (χ1) is 8.99. The molecule has 3 nitrogen and oxygen atoms in total. The summed E-state index contributed by atoms with van der Waals surface area (Å²) >= 11 is 11.8. The van der Waals surface area contributed by atoms with Crippen molar-refractivity contribution in [2.75, 3.05) is 0 Å². The summed E-state index contributed by atoms with van der Waals surface area (Å²) in [6.45, 7) is 1.90. The van der Waals surface area contributed by atoms with E-state index in [0.717, 1.165) is 5.56 Å². The number of aryl methyl sites for hydroxylation is 1. The molecule has 1 N–H and O–H groups in total. The highest BCUT2D eigenvalue weighted by molar-refractivity contribution is 6.42. The zero-order chi connectivity index (χ0) is 14.0. The van der Waals surface area contributed by atoms with Crippen LogP contribution >= 0.6 is 23.2 Å².